The molecule has 5 nitrogen and oxygen atoms in total. The van der Waals surface area contributed by atoms with Crippen molar-refractivity contribution < 1.29 is 13.5 Å². The first-order chi connectivity index (χ1) is 6.64. The van der Waals surface area contributed by atoms with Gasteiger partial charge in [-0.15, -0.1) is 0 Å². The Kier molecular flexibility index (Phi) is 2.79. The molecule has 0 bridgehead atoms. The lowest BCUT2D eigenvalue weighted by Gasteiger charge is -2.39. The number of rotatable bonds is 3. The molecule has 82 valence electrons. The number of aliphatic hydroxyl groups excluding tert-OH is 1. The summed E-state index contributed by atoms with van der Waals surface area (Å²) in [6.45, 7) is 2.36. The highest BCUT2D eigenvalue weighted by molar-refractivity contribution is 7.86. The molecule has 0 aromatic heterocycles. The minimum atomic E-state index is -3.19. The van der Waals surface area contributed by atoms with Gasteiger partial charge in [-0.05, 0) is 12.8 Å². The molecule has 0 atom stereocenters. The van der Waals surface area contributed by atoms with Crippen molar-refractivity contribution >= 4 is 10.2 Å². The molecule has 6 heteroatoms. The zero-order chi connectivity index (χ0) is 10.2. The fourth-order valence-corrected chi connectivity index (χ4v) is 3.75. The van der Waals surface area contributed by atoms with Crippen LogP contribution in [0.1, 0.15) is 12.8 Å². The first-order valence-electron chi connectivity index (χ1n) is 5.00. The molecule has 2 aliphatic heterocycles. The Morgan fingerprint density at radius 1 is 1.14 bits per heavy atom. The second-order valence-electron chi connectivity index (χ2n) is 3.98. The van der Waals surface area contributed by atoms with Crippen LogP contribution in [0.3, 0.4) is 0 Å². The van der Waals surface area contributed by atoms with E-state index in [2.05, 4.69) is 0 Å². The van der Waals surface area contributed by atoms with Crippen molar-refractivity contribution in [2.75, 3.05) is 32.8 Å². The van der Waals surface area contributed by atoms with Crippen LogP contribution in [0.5, 0.6) is 0 Å². The molecular weight excluding hydrogens is 204 g/mol. The Hall–Kier alpha value is -0.170. The number of nitrogens with zero attached hydrogens (tertiary/aromatic N) is 2. The van der Waals surface area contributed by atoms with E-state index in [1.54, 1.807) is 4.31 Å². The Bertz CT molecular complexity index is 292. The molecule has 2 heterocycles. The van der Waals surface area contributed by atoms with Gasteiger partial charge in [0, 0.05) is 38.7 Å². The third-order valence-corrected chi connectivity index (χ3v) is 4.87. The number of aliphatic hydroxyl groups is 1. The summed E-state index contributed by atoms with van der Waals surface area (Å²) in [4.78, 5) is 0. The summed E-state index contributed by atoms with van der Waals surface area (Å²) in [5.74, 6) is 0.146. The standard InChI is InChI=1S/C8H16N2O3S/c11-7-8-5-10(6-8)14(12,13)9-3-1-2-4-9/h8,11H,1-7H2. The topological polar surface area (TPSA) is 60.9 Å². The molecule has 0 radical (unpaired) electrons. The van der Waals surface area contributed by atoms with Gasteiger partial charge >= 0.3 is 0 Å². The summed E-state index contributed by atoms with van der Waals surface area (Å²) in [5, 5.41) is 8.80. The van der Waals surface area contributed by atoms with Crippen LogP contribution in [0, 0.1) is 5.92 Å². The van der Waals surface area contributed by atoms with Gasteiger partial charge in [-0.25, -0.2) is 0 Å². The van der Waals surface area contributed by atoms with Crippen LogP contribution >= 0.6 is 0 Å². The van der Waals surface area contributed by atoms with E-state index in [0.29, 0.717) is 26.2 Å². The summed E-state index contributed by atoms with van der Waals surface area (Å²) >= 11 is 0. The summed E-state index contributed by atoms with van der Waals surface area (Å²) in [7, 11) is -3.19. The molecule has 0 saturated carbocycles. The minimum Gasteiger partial charge on any atom is -0.396 e. The Balaban J connectivity index is 1.96. The van der Waals surface area contributed by atoms with Gasteiger partial charge in [0.25, 0.3) is 10.2 Å². The van der Waals surface area contributed by atoms with Crippen molar-refractivity contribution in [2.45, 2.75) is 12.8 Å². The SMILES string of the molecule is O=S(=O)(N1CCCC1)N1CC(CO)C1. The third kappa shape index (κ3) is 1.67. The van der Waals surface area contributed by atoms with E-state index in [0.717, 1.165) is 12.8 Å². The summed E-state index contributed by atoms with van der Waals surface area (Å²) < 4.78 is 26.7. The van der Waals surface area contributed by atoms with Gasteiger partial charge in [-0.2, -0.15) is 17.0 Å². The molecular formula is C8H16N2O3S. The smallest absolute Gasteiger partial charge is 0.281 e. The molecule has 0 aromatic carbocycles. The number of hydrogen-bond acceptors (Lipinski definition) is 3. The molecule has 2 rings (SSSR count). The van der Waals surface area contributed by atoms with Crippen molar-refractivity contribution in [1.82, 2.24) is 8.61 Å². The largest absolute Gasteiger partial charge is 0.396 e. The number of hydrogen-bond donors (Lipinski definition) is 1. The van der Waals surface area contributed by atoms with Gasteiger partial charge < -0.3 is 5.11 Å². The van der Waals surface area contributed by atoms with E-state index >= 15 is 0 Å². The van der Waals surface area contributed by atoms with E-state index in [1.165, 1.54) is 4.31 Å². The monoisotopic (exact) mass is 220 g/mol. The minimum absolute atomic E-state index is 0.0893. The quantitative estimate of drug-likeness (QED) is 0.681. The fourth-order valence-electron chi connectivity index (χ4n) is 1.91. The normalized spacial score (nSPS) is 26.6. The van der Waals surface area contributed by atoms with E-state index in [-0.39, 0.29) is 12.5 Å². The molecule has 0 spiro atoms. The van der Waals surface area contributed by atoms with Crippen LogP contribution in [0.2, 0.25) is 0 Å². The van der Waals surface area contributed by atoms with Gasteiger partial charge in [0.15, 0.2) is 0 Å². The maximum absolute atomic E-state index is 11.8. The Labute approximate surface area is 84.5 Å². The van der Waals surface area contributed by atoms with Crippen LogP contribution in [0.15, 0.2) is 0 Å². The second-order valence-corrected chi connectivity index (χ2v) is 5.91. The second kappa shape index (κ2) is 3.77. The van der Waals surface area contributed by atoms with Crippen molar-refractivity contribution in [2.24, 2.45) is 5.92 Å². The highest BCUT2D eigenvalue weighted by Gasteiger charge is 2.39. The molecule has 2 saturated heterocycles. The Morgan fingerprint density at radius 2 is 1.71 bits per heavy atom. The lowest BCUT2D eigenvalue weighted by atomic mass is 10.1. The van der Waals surface area contributed by atoms with E-state index in [4.69, 9.17) is 5.11 Å². The van der Waals surface area contributed by atoms with Crippen molar-refractivity contribution in [3.8, 4) is 0 Å². The van der Waals surface area contributed by atoms with E-state index < -0.39 is 10.2 Å². The van der Waals surface area contributed by atoms with Crippen LogP contribution in [0.25, 0.3) is 0 Å². The highest BCUT2D eigenvalue weighted by atomic mass is 32.2. The lowest BCUT2D eigenvalue weighted by Crippen LogP contribution is -2.55. The Morgan fingerprint density at radius 3 is 2.21 bits per heavy atom. The van der Waals surface area contributed by atoms with Crippen LogP contribution in [-0.2, 0) is 10.2 Å². The first-order valence-corrected chi connectivity index (χ1v) is 6.40. The molecule has 0 unspecified atom stereocenters. The third-order valence-electron chi connectivity index (χ3n) is 2.90. The zero-order valence-corrected chi connectivity index (χ0v) is 8.91. The average Bonchev–Trinajstić information content (AvgIpc) is 2.53. The van der Waals surface area contributed by atoms with Crippen molar-refractivity contribution in [1.29, 1.82) is 0 Å². The molecule has 1 N–H and O–H groups in total. The van der Waals surface area contributed by atoms with Gasteiger partial charge in [0.2, 0.25) is 0 Å². The van der Waals surface area contributed by atoms with Crippen molar-refractivity contribution in [3.63, 3.8) is 0 Å². The lowest BCUT2D eigenvalue weighted by molar-refractivity contribution is 0.112. The van der Waals surface area contributed by atoms with Gasteiger partial charge in [0.05, 0.1) is 0 Å². The van der Waals surface area contributed by atoms with E-state index in [9.17, 15) is 8.42 Å². The van der Waals surface area contributed by atoms with Gasteiger partial charge in [-0.3, -0.25) is 0 Å². The van der Waals surface area contributed by atoms with Crippen molar-refractivity contribution in [3.05, 3.63) is 0 Å². The molecule has 0 amide bonds. The molecule has 0 aromatic rings. The molecule has 14 heavy (non-hydrogen) atoms. The maximum Gasteiger partial charge on any atom is 0.281 e. The molecule has 0 aliphatic carbocycles. The molecule has 2 aliphatic rings. The van der Waals surface area contributed by atoms with Crippen LogP contribution in [-0.4, -0.2) is 54.9 Å². The summed E-state index contributed by atoms with van der Waals surface area (Å²) in [6, 6.07) is 0. The van der Waals surface area contributed by atoms with Gasteiger partial charge in [-0.1, -0.05) is 0 Å². The van der Waals surface area contributed by atoms with E-state index in [1.807, 2.05) is 0 Å². The van der Waals surface area contributed by atoms with Crippen LogP contribution in [0.4, 0.5) is 0 Å². The maximum atomic E-state index is 11.8. The first kappa shape index (κ1) is 10.4. The predicted octanol–water partition coefficient (Wildman–Crippen LogP) is -0.749. The van der Waals surface area contributed by atoms with Gasteiger partial charge in [0.1, 0.15) is 0 Å². The average molecular weight is 220 g/mol. The zero-order valence-electron chi connectivity index (χ0n) is 8.09. The van der Waals surface area contributed by atoms with Crippen LogP contribution < -0.4 is 0 Å². The highest BCUT2D eigenvalue weighted by Crippen LogP contribution is 2.24. The summed E-state index contributed by atoms with van der Waals surface area (Å²) in [5.41, 5.74) is 0. The predicted molar refractivity (Wildman–Crippen MR) is 51.9 cm³/mol. The summed E-state index contributed by atoms with van der Waals surface area (Å²) in [6.07, 6.45) is 1.94. The molecule has 2 fully saturated rings. The fraction of sp³-hybridized carbons (Fsp3) is 1.00.